The number of anilines is 1. The fourth-order valence-corrected chi connectivity index (χ4v) is 5.48. The van der Waals surface area contributed by atoms with Gasteiger partial charge in [0.2, 0.25) is 19.9 Å². The largest absolute Gasteiger partial charge is 0.321 e. The summed E-state index contributed by atoms with van der Waals surface area (Å²) in [4.78, 5) is 12.5. The Morgan fingerprint density at radius 2 is 1.43 bits per heavy atom. The Morgan fingerprint density at radius 3 is 2.00 bits per heavy atom. The number of amides is 1. The van der Waals surface area contributed by atoms with Crippen LogP contribution in [-0.2, 0) is 19.9 Å². The van der Waals surface area contributed by atoms with Crippen LogP contribution in [0.4, 0.5) is 5.69 Å². The molecule has 1 amide bonds. The second-order valence-corrected chi connectivity index (χ2v) is 10.9. The lowest BCUT2D eigenvalue weighted by atomic mass is 10.3. The Bertz CT molecular complexity index is 1230. The summed E-state index contributed by atoms with van der Waals surface area (Å²) in [6.07, 6.45) is 0. The number of rotatable bonds is 5. The summed E-state index contributed by atoms with van der Waals surface area (Å²) < 4.78 is 47.8. The molecule has 0 bridgehead atoms. The van der Waals surface area contributed by atoms with Gasteiger partial charge in [0.15, 0.2) is 0 Å². The second kappa shape index (κ2) is 7.64. The molecule has 1 heterocycles. The van der Waals surface area contributed by atoms with E-state index in [9.17, 15) is 21.6 Å². The van der Waals surface area contributed by atoms with Crippen LogP contribution in [0, 0.1) is 0 Å². The van der Waals surface area contributed by atoms with Crippen LogP contribution in [0.3, 0.4) is 0 Å². The van der Waals surface area contributed by atoms with Crippen LogP contribution in [0.1, 0.15) is 9.67 Å². The average Bonchev–Trinajstić information content (AvgIpc) is 3.13. The number of sulfone groups is 1. The molecule has 0 saturated heterocycles. The molecular formula is C17H13ClN2O5S3. The Kier molecular flexibility index (Phi) is 5.60. The van der Waals surface area contributed by atoms with Gasteiger partial charge in [-0.3, -0.25) is 4.79 Å². The predicted molar refractivity (Wildman–Crippen MR) is 107 cm³/mol. The first kappa shape index (κ1) is 20.5. The van der Waals surface area contributed by atoms with Crippen LogP contribution in [0.5, 0.6) is 0 Å². The van der Waals surface area contributed by atoms with Crippen LogP contribution in [-0.4, -0.2) is 22.7 Å². The van der Waals surface area contributed by atoms with E-state index in [1.807, 2.05) is 0 Å². The molecule has 28 heavy (non-hydrogen) atoms. The zero-order valence-electron chi connectivity index (χ0n) is 14.0. The number of carbonyl (C=O) groups is 1. The van der Waals surface area contributed by atoms with Gasteiger partial charge in [-0.15, -0.1) is 11.3 Å². The summed E-state index contributed by atoms with van der Waals surface area (Å²) >= 11 is 6.60. The molecule has 3 aromatic rings. The van der Waals surface area contributed by atoms with Crippen molar-refractivity contribution >= 4 is 54.4 Å². The van der Waals surface area contributed by atoms with Gasteiger partial charge in [0.05, 0.1) is 14.7 Å². The number of hydrogen-bond donors (Lipinski definition) is 2. The van der Waals surface area contributed by atoms with Crippen molar-refractivity contribution in [3.8, 4) is 0 Å². The fraction of sp³-hybridized carbons (Fsp3) is 0. The highest BCUT2D eigenvalue weighted by Crippen LogP contribution is 2.29. The van der Waals surface area contributed by atoms with E-state index in [-0.39, 0.29) is 18.9 Å². The molecule has 0 aliphatic carbocycles. The highest BCUT2D eigenvalue weighted by atomic mass is 35.5. The molecule has 146 valence electrons. The smallest absolute Gasteiger partial charge is 0.265 e. The van der Waals surface area contributed by atoms with Crippen molar-refractivity contribution in [3.05, 3.63) is 70.6 Å². The minimum atomic E-state index is -3.83. The van der Waals surface area contributed by atoms with Gasteiger partial charge in [0.1, 0.15) is 4.21 Å². The highest BCUT2D eigenvalue weighted by Gasteiger charge is 2.22. The van der Waals surface area contributed by atoms with Crippen molar-refractivity contribution in [1.29, 1.82) is 0 Å². The maximum atomic E-state index is 12.6. The normalized spacial score (nSPS) is 11.9. The third-order valence-electron chi connectivity index (χ3n) is 3.63. The van der Waals surface area contributed by atoms with Gasteiger partial charge in [-0.2, -0.15) is 0 Å². The molecule has 0 unspecified atom stereocenters. The van der Waals surface area contributed by atoms with Crippen molar-refractivity contribution in [2.75, 3.05) is 5.32 Å². The fourth-order valence-electron chi connectivity index (χ4n) is 2.24. The molecule has 0 aliphatic rings. The van der Waals surface area contributed by atoms with Crippen molar-refractivity contribution < 1.29 is 21.6 Å². The quantitative estimate of drug-likeness (QED) is 0.610. The molecule has 0 atom stereocenters. The standard InChI is InChI=1S/C17H13ClN2O5S3/c18-11-1-5-13(6-2-11)27(22,23)16-10-9-15(26-16)17(21)20-12-3-7-14(8-4-12)28(19,24)25/h1-10H,(H,20,21)(H2,19,24,25). The maximum Gasteiger partial charge on any atom is 0.265 e. The summed E-state index contributed by atoms with van der Waals surface area (Å²) in [5.41, 5.74) is 0.341. The van der Waals surface area contributed by atoms with Gasteiger partial charge in [-0.25, -0.2) is 22.0 Å². The summed E-state index contributed by atoms with van der Waals surface area (Å²) in [7, 11) is -7.59. The van der Waals surface area contributed by atoms with Gasteiger partial charge in [-0.1, -0.05) is 11.6 Å². The summed E-state index contributed by atoms with van der Waals surface area (Å²) in [6, 6.07) is 13.8. The van der Waals surface area contributed by atoms with Gasteiger partial charge < -0.3 is 5.32 Å². The Hall–Kier alpha value is -2.24. The van der Waals surface area contributed by atoms with Gasteiger partial charge in [-0.05, 0) is 60.7 Å². The number of carbonyl (C=O) groups excluding carboxylic acids is 1. The molecule has 3 rings (SSSR count). The number of nitrogens with two attached hydrogens (primary N) is 1. The van der Waals surface area contributed by atoms with Crippen molar-refractivity contribution in [2.24, 2.45) is 5.14 Å². The first-order valence-electron chi connectivity index (χ1n) is 7.62. The van der Waals surface area contributed by atoms with Crippen molar-refractivity contribution in [1.82, 2.24) is 0 Å². The molecular weight excluding hydrogens is 444 g/mol. The number of halogens is 1. The third-order valence-corrected chi connectivity index (χ3v) is 8.16. The number of primary sulfonamides is 1. The van der Waals surface area contributed by atoms with E-state index < -0.39 is 25.8 Å². The molecule has 0 fully saturated rings. The minimum Gasteiger partial charge on any atom is -0.321 e. The first-order valence-corrected chi connectivity index (χ1v) is 11.8. The van der Waals surface area contributed by atoms with Gasteiger partial charge in [0, 0.05) is 10.7 Å². The lowest BCUT2D eigenvalue weighted by Gasteiger charge is -2.05. The third kappa shape index (κ3) is 4.42. The molecule has 0 spiro atoms. The molecule has 3 N–H and O–H groups in total. The topological polar surface area (TPSA) is 123 Å². The van der Waals surface area contributed by atoms with E-state index in [0.29, 0.717) is 10.7 Å². The second-order valence-electron chi connectivity index (χ2n) is 5.60. The monoisotopic (exact) mass is 456 g/mol. The number of nitrogens with one attached hydrogen (secondary N) is 1. The number of thiophene rings is 1. The van der Waals surface area contributed by atoms with E-state index in [1.165, 1.54) is 60.7 Å². The van der Waals surface area contributed by atoms with Crippen LogP contribution in [0.15, 0.2) is 74.7 Å². The van der Waals surface area contributed by atoms with E-state index >= 15 is 0 Å². The predicted octanol–water partition coefficient (Wildman–Crippen LogP) is 3.13. The summed E-state index contributed by atoms with van der Waals surface area (Å²) in [6.45, 7) is 0. The van der Waals surface area contributed by atoms with Crippen molar-refractivity contribution in [2.45, 2.75) is 14.0 Å². The zero-order valence-corrected chi connectivity index (χ0v) is 17.2. The Morgan fingerprint density at radius 1 is 0.857 bits per heavy atom. The number of sulfonamides is 1. The molecule has 0 aliphatic heterocycles. The SMILES string of the molecule is NS(=O)(=O)c1ccc(NC(=O)c2ccc(S(=O)(=O)c3ccc(Cl)cc3)s2)cc1. The van der Waals surface area contributed by atoms with E-state index in [2.05, 4.69) is 5.32 Å². The van der Waals surface area contributed by atoms with Crippen LogP contribution in [0.2, 0.25) is 5.02 Å². The van der Waals surface area contributed by atoms with E-state index in [0.717, 1.165) is 11.3 Å². The summed E-state index contributed by atoms with van der Waals surface area (Å²) in [5.74, 6) is -0.522. The minimum absolute atomic E-state index is 0.0181. The average molecular weight is 457 g/mol. The van der Waals surface area contributed by atoms with Crippen LogP contribution >= 0.6 is 22.9 Å². The maximum absolute atomic E-state index is 12.6. The molecule has 2 aromatic carbocycles. The zero-order chi connectivity index (χ0) is 20.5. The van der Waals surface area contributed by atoms with E-state index in [4.69, 9.17) is 16.7 Å². The molecule has 11 heteroatoms. The molecule has 0 radical (unpaired) electrons. The van der Waals surface area contributed by atoms with Gasteiger partial charge in [0.25, 0.3) is 5.91 Å². The van der Waals surface area contributed by atoms with Gasteiger partial charge >= 0.3 is 0 Å². The highest BCUT2D eigenvalue weighted by molar-refractivity contribution is 7.93. The lowest BCUT2D eigenvalue weighted by Crippen LogP contribution is -2.13. The Balaban J connectivity index is 1.79. The lowest BCUT2D eigenvalue weighted by molar-refractivity contribution is 0.103. The van der Waals surface area contributed by atoms with E-state index in [1.54, 1.807) is 0 Å². The van der Waals surface area contributed by atoms with Crippen LogP contribution in [0.25, 0.3) is 0 Å². The first-order chi connectivity index (χ1) is 13.1. The number of hydrogen-bond acceptors (Lipinski definition) is 6. The van der Waals surface area contributed by atoms with Crippen molar-refractivity contribution in [3.63, 3.8) is 0 Å². The summed E-state index contributed by atoms with van der Waals surface area (Å²) in [5, 5.41) is 8.01. The Labute approximate surface area is 170 Å². The molecule has 7 nitrogen and oxygen atoms in total. The molecule has 0 saturated carbocycles. The van der Waals surface area contributed by atoms with Crippen LogP contribution < -0.4 is 10.5 Å². The number of benzene rings is 2. The molecule has 1 aromatic heterocycles.